The second-order valence-corrected chi connectivity index (χ2v) is 16.3. The quantitative estimate of drug-likeness (QED) is 0.177. The van der Waals surface area contributed by atoms with Crippen molar-refractivity contribution < 1.29 is 52.1 Å². The Morgan fingerprint density at radius 3 is 0.895 bits per heavy atom. The lowest BCUT2D eigenvalue weighted by atomic mass is 10.0. The van der Waals surface area contributed by atoms with Gasteiger partial charge in [-0.2, -0.15) is 0 Å². The fourth-order valence-electron chi connectivity index (χ4n) is 1.50. The first-order valence-corrected chi connectivity index (χ1v) is 19.3. The molecule has 360 valence electrons. The molecule has 57 heavy (non-hydrogen) atoms. The summed E-state index contributed by atoms with van der Waals surface area (Å²) in [6, 6.07) is 0. The fourth-order valence-corrected chi connectivity index (χ4v) is 1.50. The number of ether oxygens (including phenoxy) is 2. The predicted octanol–water partition coefficient (Wildman–Crippen LogP) is 10.4. The van der Waals surface area contributed by atoms with Crippen LogP contribution in [0.3, 0.4) is 0 Å². The van der Waals surface area contributed by atoms with E-state index in [1.54, 1.807) is 69.4 Å². The van der Waals surface area contributed by atoms with Crippen LogP contribution < -0.4 is 5.32 Å². The Hall–Kier alpha value is -2.38. The van der Waals surface area contributed by atoms with E-state index >= 15 is 0 Å². The molecule has 0 aromatic heterocycles. The first-order chi connectivity index (χ1) is 22.4. The molecule has 0 aliphatic carbocycles. The number of esters is 2. The lowest BCUT2D eigenvalue weighted by Gasteiger charge is -2.05. The summed E-state index contributed by atoms with van der Waals surface area (Å²) >= 11 is 0. The second-order valence-electron chi connectivity index (χ2n) is 13.7. The Labute approximate surface area is 358 Å². The van der Waals surface area contributed by atoms with Gasteiger partial charge in [-0.1, -0.05) is 149 Å². The Bertz CT molecular complexity index is 892. The van der Waals surface area contributed by atoms with Crippen LogP contribution in [-0.4, -0.2) is 93.0 Å². The zero-order valence-electron chi connectivity index (χ0n) is 35.6. The van der Waals surface area contributed by atoms with E-state index in [4.69, 9.17) is 10.2 Å². The molecule has 0 saturated heterocycles. The van der Waals surface area contributed by atoms with Crippen molar-refractivity contribution in [2.75, 3.05) is 33.6 Å². The average molecular weight is 858 g/mol. The SMILES string of the molecule is C.C.C.C.C.C.C.CC(C)C(=O)CO.CC(C)C(=O)[C@H](C)O.CC(C)C(C)C.CC(C)S(C)(=O)=O.CCOC(=O)C(C)C.CNC(=O)C(C)C.COC(=O)C(C)C. The maximum atomic E-state index is 10.6. The van der Waals surface area contributed by atoms with Crippen LogP contribution in [0.5, 0.6) is 0 Å². The monoisotopic (exact) mass is 858 g/mol. The molecular weight excluding hydrogens is 751 g/mol. The lowest BCUT2D eigenvalue weighted by Crippen LogP contribution is -2.22. The highest BCUT2D eigenvalue weighted by atomic mass is 32.2. The van der Waals surface area contributed by atoms with Crippen LogP contribution in [0.25, 0.3) is 0 Å². The zero-order valence-corrected chi connectivity index (χ0v) is 36.4. The van der Waals surface area contributed by atoms with Crippen LogP contribution in [0.15, 0.2) is 0 Å². The van der Waals surface area contributed by atoms with E-state index in [0.29, 0.717) is 6.61 Å². The summed E-state index contributed by atoms with van der Waals surface area (Å²) < 4.78 is 29.7. The van der Waals surface area contributed by atoms with Crippen molar-refractivity contribution in [3.63, 3.8) is 0 Å². The third-order valence-corrected chi connectivity index (χ3v) is 7.88. The van der Waals surface area contributed by atoms with Gasteiger partial charge in [0, 0.05) is 31.1 Å². The van der Waals surface area contributed by atoms with E-state index in [1.807, 2.05) is 27.7 Å². The van der Waals surface area contributed by atoms with Crippen molar-refractivity contribution in [1.29, 1.82) is 0 Å². The molecule has 0 aliphatic heterocycles. The number of nitrogens with one attached hydrogen (secondary N) is 1. The summed E-state index contributed by atoms with van der Waals surface area (Å²) in [6.07, 6.45) is 0.437. The molecule has 3 N–H and O–H groups in total. The molecule has 1 atom stereocenters. The largest absolute Gasteiger partial charge is 0.469 e. The van der Waals surface area contributed by atoms with Crippen LogP contribution >= 0.6 is 0 Å². The highest BCUT2D eigenvalue weighted by Crippen LogP contribution is 2.05. The number of aliphatic hydroxyl groups excluding tert-OH is 2. The number of carbonyl (C=O) groups is 5. The number of aliphatic hydroxyl groups is 2. The van der Waals surface area contributed by atoms with Crippen molar-refractivity contribution in [1.82, 2.24) is 5.32 Å². The van der Waals surface area contributed by atoms with Crippen LogP contribution in [0.4, 0.5) is 0 Å². The molecule has 0 spiro atoms. The Morgan fingerprint density at radius 2 is 0.877 bits per heavy atom. The smallest absolute Gasteiger partial charge is 0.308 e. The zero-order chi connectivity index (χ0) is 42.1. The molecule has 0 aliphatic rings. The number of carbonyl (C=O) groups excluding carboxylic acids is 5. The van der Waals surface area contributed by atoms with Gasteiger partial charge in [0.05, 0.1) is 30.8 Å². The Balaban J connectivity index is -0.0000000310. The maximum Gasteiger partial charge on any atom is 0.308 e. The van der Waals surface area contributed by atoms with E-state index < -0.39 is 15.9 Å². The van der Waals surface area contributed by atoms with Crippen molar-refractivity contribution in [3.8, 4) is 0 Å². The van der Waals surface area contributed by atoms with Crippen LogP contribution in [0.1, 0.15) is 177 Å². The van der Waals surface area contributed by atoms with Gasteiger partial charge in [0.2, 0.25) is 5.91 Å². The Kier molecular flexibility index (Phi) is 96.7. The van der Waals surface area contributed by atoms with Gasteiger partial charge in [-0.05, 0) is 39.5 Å². The predicted molar refractivity (Wildman–Crippen MR) is 252 cm³/mol. The van der Waals surface area contributed by atoms with E-state index in [9.17, 15) is 32.4 Å². The van der Waals surface area contributed by atoms with Gasteiger partial charge in [-0.15, -0.1) is 0 Å². The number of amides is 1. The van der Waals surface area contributed by atoms with Crippen LogP contribution in [0.2, 0.25) is 0 Å². The first kappa shape index (κ1) is 95.2. The minimum Gasteiger partial charge on any atom is -0.469 e. The number of methoxy groups -OCH3 is 1. The molecule has 0 saturated carbocycles. The van der Waals surface area contributed by atoms with Gasteiger partial charge < -0.3 is 25.0 Å². The second kappa shape index (κ2) is 57.9. The number of rotatable bonds is 10. The molecule has 0 radical (unpaired) electrons. The summed E-state index contributed by atoms with van der Waals surface area (Å²) in [7, 11) is 0.292. The number of sulfone groups is 1. The molecule has 0 rings (SSSR count). The third kappa shape index (κ3) is 86.6. The van der Waals surface area contributed by atoms with E-state index in [1.165, 1.54) is 20.3 Å². The highest BCUT2D eigenvalue weighted by Gasteiger charge is 2.12. The average Bonchev–Trinajstić information content (AvgIpc) is 3.00. The summed E-state index contributed by atoms with van der Waals surface area (Å²) in [5.74, 6) is 1.40. The van der Waals surface area contributed by atoms with Gasteiger partial charge in [0.25, 0.3) is 0 Å². The van der Waals surface area contributed by atoms with E-state index in [-0.39, 0.29) is 123 Å². The van der Waals surface area contributed by atoms with Crippen molar-refractivity contribution in [2.45, 2.75) is 188 Å². The molecule has 12 nitrogen and oxygen atoms in total. The maximum absolute atomic E-state index is 10.6. The summed E-state index contributed by atoms with van der Waals surface area (Å²) in [5.41, 5.74) is 0. The normalized spacial score (nSPS) is 9.46. The summed E-state index contributed by atoms with van der Waals surface area (Å²) in [6.45, 7) is 33.8. The number of Topliss-reactive ketones (excluding diaryl/α,β-unsaturated/α-hetero) is 2. The minimum atomic E-state index is -2.74. The summed E-state index contributed by atoms with van der Waals surface area (Å²) in [5, 5.41) is 19.1. The first-order valence-electron chi connectivity index (χ1n) is 17.4. The number of ketones is 2. The van der Waals surface area contributed by atoms with Gasteiger partial charge in [0.15, 0.2) is 11.6 Å². The van der Waals surface area contributed by atoms with Gasteiger partial charge in [-0.25, -0.2) is 8.42 Å². The molecule has 0 aromatic rings. The molecule has 1 amide bonds. The molecule has 13 heteroatoms. The molecule has 0 aromatic carbocycles. The van der Waals surface area contributed by atoms with Gasteiger partial charge in [-0.3, -0.25) is 24.0 Å². The molecule has 0 fully saturated rings. The number of hydrogen-bond acceptors (Lipinski definition) is 11. The van der Waals surface area contributed by atoms with E-state index in [0.717, 1.165) is 11.8 Å². The standard InChI is InChI=1S/2C6H12O2.C6H14.C5H11NO.2C5H10O2.C4H10O2S.7CH4/c1-4-8-6(7)5(2)3;1-4(2)6(8)5(3)7;1-5(2)6(3)4;1-4(2)5(7)6-3;1-4(2)5(6)7-3;1-4(2)5(7)3-6;1-4(2)7(3,5)6;;;;;;;/h5H,4H2,1-3H3;4-5,7H,1-3H3;5-6H,1-4H3;4H,1-3H3,(H,6,7);4H,1-3H3;4,6H,3H2,1-2H3;4H,1-3H3;7*1H4/t;5-;;;;;;;;;;;;/m.0............/s1. The molecule has 0 heterocycles. The fraction of sp³-hybridized carbons (Fsp3) is 0.886. The van der Waals surface area contributed by atoms with Gasteiger partial charge in [0.1, 0.15) is 22.5 Å². The highest BCUT2D eigenvalue weighted by molar-refractivity contribution is 7.91. The van der Waals surface area contributed by atoms with E-state index in [2.05, 4.69) is 42.5 Å². The molecular formula is C44H107NO11S. The van der Waals surface area contributed by atoms with Gasteiger partial charge >= 0.3 is 11.9 Å². The number of hydrogen-bond donors (Lipinski definition) is 3. The third-order valence-electron chi connectivity index (χ3n) is 6.17. The topological polar surface area (TPSA) is 190 Å². The lowest BCUT2D eigenvalue weighted by molar-refractivity contribution is -0.147. The minimum absolute atomic E-state index is 0. The van der Waals surface area contributed by atoms with Crippen LogP contribution in [0, 0.1) is 41.4 Å². The summed E-state index contributed by atoms with van der Waals surface area (Å²) in [4.78, 5) is 52.1. The van der Waals surface area contributed by atoms with Crippen LogP contribution in [-0.2, 0) is 43.3 Å². The van der Waals surface area contributed by atoms with Crippen molar-refractivity contribution in [3.05, 3.63) is 0 Å². The Morgan fingerprint density at radius 1 is 0.579 bits per heavy atom. The van der Waals surface area contributed by atoms with Crippen molar-refractivity contribution >= 4 is 39.2 Å². The molecule has 0 unspecified atom stereocenters. The van der Waals surface area contributed by atoms with Crippen molar-refractivity contribution in [2.24, 2.45) is 41.4 Å². The molecule has 0 bridgehead atoms.